The first-order valence-corrected chi connectivity index (χ1v) is 13.2. The second kappa shape index (κ2) is 9.24. The molecule has 7 aromatic rings. The average Bonchev–Trinajstić information content (AvgIpc) is 3.51. The summed E-state index contributed by atoms with van der Waals surface area (Å²) in [6.07, 6.45) is 0. The molecule has 38 heavy (non-hydrogen) atoms. The van der Waals surface area contributed by atoms with Crippen molar-refractivity contribution in [2.45, 2.75) is 9.79 Å². The zero-order valence-electron chi connectivity index (χ0n) is 20.2. The van der Waals surface area contributed by atoms with Gasteiger partial charge in [0, 0.05) is 32.3 Å². The van der Waals surface area contributed by atoms with E-state index < -0.39 is 0 Å². The summed E-state index contributed by atoms with van der Waals surface area (Å²) in [6.45, 7) is 0. The summed E-state index contributed by atoms with van der Waals surface area (Å²) in [5, 5.41) is 0. The number of hydrogen-bond acceptors (Lipinski definition) is 4. The van der Waals surface area contributed by atoms with E-state index in [0.717, 1.165) is 66.0 Å². The van der Waals surface area contributed by atoms with Crippen LogP contribution in [0.4, 0.5) is 0 Å². The second-order valence-corrected chi connectivity index (χ2v) is 10.0. The molecule has 2 heterocycles. The first kappa shape index (κ1) is 22.9. The van der Waals surface area contributed by atoms with E-state index in [1.54, 1.807) is 0 Å². The van der Waals surface area contributed by atoms with Crippen molar-refractivity contribution in [3.8, 4) is 34.2 Å². The number of thiol groups is 2. The van der Waals surface area contributed by atoms with Gasteiger partial charge in [-0.3, -0.25) is 9.13 Å². The summed E-state index contributed by atoms with van der Waals surface area (Å²) in [4.78, 5) is 12.0. The molecule has 0 spiro atoms. The maximum Gasteiger partial charge on any atom is 0.146 e. The molecule has 0 atom stereocenters. The summed E-state index contributed by atoms with van der Waals surface area (Å²) in [6, 6.07) is 41.1. The summed E-state index contributed by atoms with van der Waals surface area (Å²) < 4.78 is 4.41. The van der Waals surface area contributed by atoms with Crippen molar-refractivity contribution in [1.82, 2.24) is 19.1 Å². The summed E-state index contributed by atoms with van der Waals surface area (Å²) in [5.74, 6) is 1.69. The number of benzene rings is 5. The van der Waals surface area contributed by atoms with Crippen molar-refractivity contribution in [3.05, 3.63) is 121 Å². The second-order valence-electron chi connectivity index (χ2n) is 9.08. The highest BCUT2D eigenvalue weighted by atomic mass is 32.1. The van der Waals surface area contributed by atoms with Gasteiger partial charge in [0.25, 0.3) is 0 Å². The van der Waals surface area contributed by atoms with Crippen LogP contribution in [-0.2, 0) is 0 Å². The van der Waals surface area contributed by atoms with Crippen molar-refractivity contribution >= 4 is 47.3 Å². The largest absolute Gasteiger partial charge is 0.292 e. The predicted octanol–water partition coefficient (Wildman–Crippen LogP) is 8.28. The summed E-state index contributed by atoms with van der Waals surface area (Å²) in [5.41, 5.74) is 7.76. The Kier molecular flexibility index (Phi) is 5.57. The molecule has 182 valence electrons. The van der Waals surface area contributed by atoms with Crippen LogP contribution in [0.5, 0.6) is 0 Å². The van der Waals surface area contributed by atoms with E-state index >= 15 is 0 Å². The Morgan fingerprint density at radius 1 is 0.447 bits per heavy atom. The van der Waals surface area contributed by atoms with Crippen molar-refractivity contribution in [3.63, 3.8) is 0 Å². The minimum atomic E-state index is 0.844. The maximum atomic E-state index is 5.12. The average molecular weight is 527 g/mol. The maximum absolute atomic E-state index is 5.12. The van der Waals surface area contributed by atoms with Crippen LogP contribution in [0.3, 0.4) is 0 Å². The van der Waals surface area contributed by atoms with Crippen LogP contribution < -0.4 is 0 Å². The Labute approximate surface area is 231 Å². The van der Waals surface area contributed by atoms with Gasteiger partial charge in [-0.2, -0.15) is 0 Å². The Hall–Kier alpha value is -4.26. The van der Waals surface area contributed by atoms with Crippen LogP contribution in [0, 0.1) is 0 Å². The molecule has 0 saturated carbocycles. The lowest BCUT2D eigenvalue weighted by Gasteiger charge is -2.12. The molecule has 0 unspecified atom stereocenters. The number of aromatic nitrogens is 4. The van der Waals surface area contributed by atoms with Crippen LogP contribution in [0.25, 0.3) is 56.2 Å². The van der Waals surface area contributed by atoms with Crippen LogP contribution in [0.2, 0.25) is 0 Å². The lowest BCUT2D eigenvalue weighted by Crippen LogP contribution is -1.99. The highest BCUT2D eigenvalue weighted by Crippen LogP contribution is 2.37. The fraction of sp³-hybridized carbons (Fsp3) is 0. The highest BCUT2D eigenvalue weighted by Gasteiger charge is 2.21. The van der Waals surface area contributed by atoms with Crippen LogP contribution in [0.15, 0.2) is 131 Å². The van der Waals surface area contributed by atoms with Gasteiger partial charge in [0.15, 0.2) is 0 Å². The lowest BCUT2D eigenvalue weighted by molar-refractivity contribution is 1.08. The number of rotatable bonds is 4. The smallest absolute Gasteiger partial charge is 0.146 e. The molecule has 6 heteroatoms. The molecule has 2 aromatic heterocycles. The van der Waals surface area contributed by atoms with Gasteiger partial charge in [-0.1, -0.05) is 72.8 Å². The third-order valence-corrected chi connectivity index (χ3v) is 7.53. The van der Waals surface area contributed by atoms with E-state index in [1.165, 1.54) is 0 Å². The molecule has 0 fully saturated rings. The SMILES string of the molecule is Sc1ccccc1-c1nc2cc3nc(-c4ccccc4S)n(-c4ccccc4)c3cc2n1-c1ccccc1. The molecule has 7 rings (SSSR count). The standard InChI is InChI=1S/C32H22N4S2/c37-29-17-9-7-15-23(29)31-33-25-19-26-28(20-27(25)35(31)21-11-3-1-4-12-21)36(22-13-5-2-6-14-22)32(34-26)24-16-8-10-18-30(24)38/h1-20,37-38H. The summed E-state index contributed by atoms with van der Waals surface area (Å²) >= 11 is 9.51. The van der Waals surface area contributed by atoms with Crippen molar-refractivity contribution in [1.29, 1.82) is 0 Å². The third kappa shape index (κ3) is 3.72. The molecule has 0 aliphatic rings. The van der Waals surface area contributed by atoms with Crippen molar-refractivity contribution in [2.75, 3.05) is 0 Å². The predicted molar refractivity (Wildman–Crippen MR) is 161 cm³/mol. The van der Waals surface area contributed by atoms with Gasteiger partial charge in [-0.25, -0.2) is 9.97 Å². The van der Waals surface area contributed by atoms with Gasteiger partial charge in [0.2, 0.25) is 0 Å². The molecular formula is C32H22N4S2. The van der Waals surface area contributed by atoms with E-state index in [2.05, 4.69) is 57.7 Å². The molecular weight excluding hydrogens is 505 g/mol. The molecule has 5 aromatic carbocycles. The van der Waals surface area contributed by atoms with Crippen molar-refractivity contribution < 1.29 is 0 Å². The quantitative estimate of drug-likeness (QED) is 0.226. The lowest BCUT2D eigenvalue weighted by atomic mass is 10.2. The molecule has 0 aliphatic heterocycles. The van der Waals surface area contributed by atoms with Crippen LogP contribution in [0.1, 0.15) is 0 Å². The molecule has 0 bridgehead atoms. The van der Waals surface area contributed by atoms with Crippen LogP contribution in [-0.4, -0.2) is 19.1 Å². The first-order chi connectivity index (χ1) is 18.7. The zero-order valence-corrected chi connectivity index (χ0v) is 22.0. The Balaban J connectivity index is 1.59. The Morgan fingerprint density at radius 2 is 0.842 bits per heavy atom. The van der Waals surface area contributed by atoms with E-state index in [9.17, 15) is 0 Å². The van der Waals surface area contributed by atoms with Crippen LogP contribution >= 0.6 is 25.3 Å². The normalized spacial score (nSPS) is 11.4. The monoisotopic (exact) mass is 526 g/mol. The fourth-order valence-corrected chi connectivity index (χ4v) is 5.53. The summed E-state index contributed by atoms with van der Waals surface area (Å²) in [7, 11) is 0. The molecule has 0 N–H and O–H groups in total. The minimum Gasteiger partial charge on any atom is -0.292 e. The van der Waals surface area contributed by atoms with E-state index in [4.69, 9.17) is 35.2 Å². The Morgan fingerprint density at radius 3 is 1.26 bits per heavy atom. The third-order valence-electron chi connectivity index (χ3n) is 6.75. The van der Waals surface area contributed by atoms with E-state index in [0.29, 0.717) is 0 Å². The minimum absolute atomic E-state index is 0.844. The highest BCUT2D eigenvalue weighted by molar-refractivity contribution is 7.80. The van der Waals surface area contributed by atoms with Gasteiger partial charge in [-0.05, 0) is 48.5 Å². The Bertz CT molecular complexity index is 1800. The zero-order chi connectivity index (χ0) is 25.6. The molecule has 0 saturated heterocycles. The van der Waals surface area contributed by atoms with E-state index in [1.807, 2.05) is 72.8 Å². The molecule has 0 aliphatic carbocycles. The molecule has 0 amide bonds. The van der Waals surface area contributed by atoms with E-state index in [-0.39, 0.29) is 0 Å². The number of para-hydroxylation sites is 2. The first-order valence-electron chi connectivity index (χ1n) is 12.3. The van der Waals surface area contributed by atoms with Gasteiger partial charge >= 0.3 is 0 Å². The topological polar surface area (TPSA) is 35.6 Å². The van der Waals surface area contributed by atoms with Gasteiger partial charge in [-0.15, -0.1) is 25.3 Å². The van der Waals surface area contributed by atoms with Crippen molar-refractivity contribution in [2.24, 2.45) is 0 Å². The molecule has 0 radical (unpaired) electrons. The van der Waals surface area contributed by atoms with Gasteiger partial charge in [0.1, 0.15) is 11.6 Å². The number of hydrogen-bond donors (Lipinski definition) is 2. The van der Waals surface area contributed by atoms with Gasteiger partial charge < -0.3 is 0 Å². The number of imidazole rings is 2. The number of nitrogens with zero attached hydrogens (tertiary/aromatic N) is 4. The van der Waals surface area contributed by atoms with Gasteiger partial charge in [0.05, 0.1) is 22.1 Å². The molecule has 4 nitrogen and oxygen atoms in total. The fourth-order valence-electron chi connectivity index (χ4n) is 5.01. The number of fused-ring (bicyclic) bond motifs is 2.